The number of nitrogens with one attached hydrogen (secondary N) is 1. The van der Waals surface area contributed by atoms with E-state index in [0.717, 1.165) is 33.9 Å². The van der Waals surface area contributed by atoms with Crippen molar-refractivity contribution in [2.75, 3.05) is 13.7 Å². The molecule has 0 radical (unpaired) electrons. The van der Waals surface area contributed by atoms with E-state index in [4.69, 9.17) is 4.74 Å². The number of hydrogen-bond acceptors (Lipinski definition) is 6. The summed E-state index contributed by atoms with van der Waals surface area (Å²) in [7, 11) is 1.52. The molecule has 1 amide bonds. The molecule has 0 bridgehead atoms. The molecule has 0 spiro atoms. The zero-order valence-electron chi connectivity index (χ0n) is 17.6. The first-order valence-corrected chi connectivity index (χ1v) is 11.5. The maximum absolute atomic E-state index is 13.4. The fourth-order valence-corrected chi connectivity index (χ4v) is 4.99. The Morgan fingerprint density at radius 2 is 2.03 bits per heavy atom. The summed E-state index contributed by atoms with van der Waals surface area (Å²) in [5, 5.41) is 12.6. The van der Waals surface area contributed by atoms with Crippen LogP contribution >= 0.6 is 22.7 Å². The molecular weight excluding hydrogens is 430 g/mol. The van der Waals surface area contributed by atoms with Crippen molar-refractivity contribution in [1.82, 2.24) is 9.88 Å². The van der Waals surface area contributed by atoms with Crippen LogP contribution in [0, 0.1) is 18.3 Å². The molecule has 3 aromatic rings. The Kier molecular flexibility index (Phi) is 7.45. The average Bonchev–Trinajstić information content (AvgIpc) is 3.32. The van der Waals surface area contributed by atoms with Gasteiger partial charge >= 0.3 is 0 Å². The third kappa shape index (κ3) is 4.95. The van der Waals surface area contributed by atoms with E-state index < -0.39 is 5.91 Å². The number of aromatic nitrogens is 1. The summed E-state index contributed by atoms with van der Waals surface area (Å²) < 4.78 is 7.56. The third-order valence-corrected chi connectivity index (χ3v) is 6.59. The van der Waals surface area contributed by atoms with Crippen molar-refractivity contribution < 1.29 is 9.53 Å². The van der Waals surface area contributed by atoms with Crippen LogP contribution in [-0.4, -0.2) is 24.1 Å². The van der Waals surface area contributed by atoms with Gasteiger partial charge in [0.05, 0.1) is 17.3 Å². The molecule has 0 saturated heterocycles. The molecule has 1 N–H and O–H groups in total. The molecule has 0 aliphatic rings. The first kappa shape index (κ1) is 22.5. The second-order valence-corrected chi connectivity index (χ2v) is 9.12. The smallest absolute Gasteiger partial charge is 0.273 e. The lowest BCUT2D eigenvalue weighted by molar-refractivity contribution is -0.115. The van der Waals surface area contributed by atoms with Crippen molar-refractivity contribution >= 4 is 40.2 Å². The van der Waals surface area contributed by atoms with Crippen molar-refractivity contribution in [2.45, 2.75) is 26.7 Å². The van der Waals surface area contributed by atoms with Gasteiger partial charge in [-0.1, -0.05) is 25.5 Å². The van der Waals surface area contributed by atoms with Crippen molar-refractivity contribution in [3.05, 3.63) is 65.7 Å². The van der Waals surface area contributed by atoms with Crippen LogP contribution in [-0.2, 0) is 4.79 Å². The van der Waals surface area contributed by atoms with Gasteiger partial charge in [0, 0.05) is 16.3 Å². The molecule has 1 aromatic carbocycles. The van der Waals surface area contributed by atoms with Gasteiger partial charge in [-0.15, -0.1) is 22.7 Å². The Bertz CT molecular complexity index is 1310. The van der Waals surface area contributed by atoms with E-state index in [1.54, 1.807) is 41.7 Å². The Morgan fingerprint density at radius 3 is 2.68 bits per heavy atom. The number of ether oxygens (including phenoxy) is 1. The Hall–Kier alpha value is -3.15. The normalized spacial score (nSPS) is 12.4. The van der Waals surface area contributed by atoms with Gasteiger partial charge < -0.3 is 10.1 Å². The molecule has 0 aliphatic carbocycles. The lowest BCUT2D eigenvalue weighted by Gasteiger charge is -2.09. The largest absolute Gasteiger partial charge is 0.495 e. The predicted octanol–water partition coefficient (Wildman–Crippen LogP) is 2.70. The number of para-hydroxylation sites is 2. The molecule has 0 saturated carbocycles. The molecule has 2 heterocycles. The van der Waals surface area contributed by atoms with Crippen LogP contribution in [0.15, 0.2) is 41.2 Å². The van der Waals surface area contributed by atoms with Crippen LogP contribution in [0.5, 0.6) is 5.75 Å². The fourth-order valence-electron chi connectivity index (χ4n) is 3.01. The van der Waals surface area contributed by atoms with Gasteiger partial charge in [-0.2, -0.15) is 5.26 Å². The fraction of sp³-hybridized carbons (Fsp3) is 0.261. The molecule has 8 heteroatoms. The Balaban J connectivity index is 2.33. The number of methoxy groups -OCH3 is 1. The van der Waals surface area contributed by atoms with Gasteiger partial charge in [0.2, 0.25) is 0 Å². The number of carbonyl (C=O) groups excluding carboxylic acids is 1. The number of unbranched alkanes of at least 4 members (excludes halogenated alkanes) is 1. The highest BCUT2D eigenvalue weighted by Crippen LogP contribution is 2.20. The third-order valence-electron chi connectivity index (χ3n) is 4.55. The summed E-state index contributed by atoms with van der Waals surface area (Å²) in [4.78, 5) is 28.2. The highest BCUT2D eigenvalue weighted by atomic mass is 32.1. The SMILES string of the molecule is CCCCNC(=O)/C(C#N)=c1\s/c(=C\c2ccc(C)s2)c(=O)n1-c1ccccc1OC. The van der Waals surface area contributed by atoms with Crippen LogP contribution in [0.1, 0.15) is 29.5 Å². The number of benzene rings is 1. The first-order chi connectivity index (χ1) is 15.0. The maximum Gasteiger partial charge on any atom is 0.273 e. The number of nitrogens with zero attached hydrogens (tertiary/aromatic N) is 2. The summed E-state index contributed by atoms with van der Waals surface area (Å²) >= 11 is 2.70. The van der Waals surface area contributed by atoms with Gasteiger partial charge in [0.15, 0.2) is 5.57 Å². The molecule has 160 valence electrons. The van der Waals surface area contributed by atoms with Gasteiger partial charge in [-0.25, -0.2) is 0 Å². The lowest BCUT2D eigenvalue weighted by Crippen LogP contribution is -2.34. The van der Waals surface area contributed by atoms with Crippen LogP contribution in [0.25, 0.3) is 17.3 Å². The van der Waals surface area contributed by atoms with Crippen molar-refractivity contribution in [1.29, 1.82) is 5.26 Å². The summed E-state index contributed by atoms with van der Waals surface area (Å²) in [5.74, 6) is -0.00906. The van der Waals surface area contributed by atoms with E-state index in [0.29, 0.717) is 22.5 Å². The summed E-state index contributed by atoms with van der Waals surface area (Å²) in [6, 6.07) is 13.0. The highest BCUT2D eigenvalue weighted by molar-refractivity contribution is 7.13. The van der Waals surface area contributed by atoms with Crippen LogP contribution in [0.4, 0.5) is 0 Å². The average molecular weight is 454 g/mol. The van der Waals surface area contributed by atoms with E-state index in [2.05, 4.69) is 5.32 Å². The minimum absolute atomic E-state index is 0.0916. The predicted molar refractivity (Wildman–Crippen MR) is 125 cm³/mol. The second-order valence-electron chi connectivity index (χ2n) is 6.77. The molecule has 0 atom stereocenters. The molecule has 0 fully saturated rings. The number of rotatable bonds is 7. The summed E-state index contributed by atoms with van der Waals surface area (Å²) in [6.07, 6.45) is 3.53. The molecule has 31 heavy (non-hydrogen) atoms. The Labute approximate surface area is 188 Å². The van der Waals surface area contributed by atoms with Crippen LogP contribution in [0.2, 0.25) is 0 Å². The van der Waals surface area contributed by atoms with Crippen molar-refractivity contribution in [2.24, 2.45) is 0 Å². The lowest BCUT2D eigenvalue weighted by atomic mass is 10.2. The molecule has 0 aliphatic heterocycles. The number of thiazole rings is 1. The minimum Gasteiger partial charge on any atom is -0.495 e. The summed E-state index contributed by atoms with van der Waals surface area (Å²) in [5.41, 5.74) is 0.0909. The molecular formula is C23H23N3O3S2. The quantitative estimate of drug-likeness (QED) is 0.558. The standard InChI is InChI=1S/C23H23N3O3S2/c1-4-5-12-25-21(27)17(14-24)23-26(18-8-6-7-9-19(18)29-3)22(28)20(31-23)13-16-11-10-15(2)30-16/h6-11,13H,4-5,12H2,1-3H3,(H,25,27)/b20-13-,23-17-. The van der Waals surface area contributed by atoms with E-state index in [-0.39, 0.29) is 15.8 Å². The van der Waals surface area contributed by atoms with E-state index in [1.807, 2.05) is 32.0 Å². The first-order valence-electron chi connectivity index (χ1n) is 9.86. The molecule has 2 aromatic heterocycles. The number of carbonyl (C=O) groups is 1. The second kappa shape index (κ2) is 10.2. The van der Waals surface area contributed by atoms with Gasteiger partial charge in [-0.05, 0) is 43.7 Å². The summed E-state index contributed by atoms with van der Waals surface area (Å²) in [6.45, 7) is 4.49. The monoisotopic (exact) mass is 453 g/mol. The number of hydrogen-bond donors (Lipinski definition) is 1. The Morgan fingerprint density at radius 1 is 1.26 bits per heavy atom. The zero-order valence-corrected chi connectivity index (χ0v) is 19.2. The number of nitriles is 1. The van der Waals surface area contributed by atoms with E-state index in [1.165, 1.54) is 11.7 Å². The van der Waals surface area contributed by atoms with E-state index >= 15 is 0 Å². The van der Waals surface area contributed by atoms with Gasteiger partial charge in [-0.3, -0.25) is 14.2 Å². The molecule has 3 rings (SSSR count). The number of amides is 1. The van der Waals surface area contributed by atoms with Crippen molar-refractivity contribution in [3.63, 3.8) is 0 Å². The van der Waals surface area contributed by atoms with Crippen LogP contribution < -0.4 is 24.8 Å². The number of thiophene rings is 1. The molecule has 6 nitrogen and oxygen atoms in total. The topological polar surface area (TPSA) is 84.1 Å². The van der Waals surface area contributed by atoms with Gasteiger partial charge in [0.25, 0.3) is 11.5 Å². The van der Waals surface area contributed by atoms with Crippen LogP contribution in [0.3, 0.4) is 0 Å². The maximum atomic E-state index is 13.4. The number of aryl methyl sites for hydroxylation is 1. The zero-order chi connectivity index (χ0) is 22.4. The van der Waals surface area contributed by atoms with Crippen molar-refractivity contribution in [3.8, 4) is 17.5 Å². The minimum atomic E-state index is -0.487. The highest BCUT2D eigenvalue weighted by Gasteiger charge is 2.18. The van der Waals surface area contributed by atoms with E-state index in [9.17, 15) is 14.9 Å². The molecule has 0 unspecified atom stereocenters. The van der Waals surface area contributed by atoms with Gasteiger partial charge in [0.1, 0.15) is 16.5 Å².